The van der Waals surface area contributed by atoms with Crippen molar-refractivity contribution in [1.29, 1.82) is 0 Å². The lowest BCUT2D eigenvalue weighted by atomic mass is 10.2. The van der Waals surface area contributed by atoms with Crippen molar-refractivity contribution < 1.29 is 4.74 Å². The molecule has 0 saturated heterocycles. The van der Waals surface area contributed by atoms with Crippen LogP contribution in [0.5, 0.6) is 5.19 Å². The second kappa shape index (κ2) is 4.48. The van der Waals surface area contributed by atoms with Crippen LogP contribution in [0.1, 0.15) is 5.56 Å². The van der Waals surface area contributed by atoms with Gasteiger partial charge in [-0.25, -0.2) is 4.98 Å². The summed E-state index contributed by atoms with van der Waals surface area (Å²) in [7, 11) is 0. The van der Waals surface area contributed by atoms with Crippen molar-refractivity contribution >= 4 is 24.0 Å². The molecule has 0 unspecified atom stereocenters. The lowest BCUT2D eigenvalue weighted by Crippen LogP contribution is -1.95. The van der Waals surface area contributed by atoms with E-state index in [2.05, 4.69) is 17.6 Å². The molecule has 2 aromatic rings. The third-order valence-corrected chi connectivity index (χ3v) is 2.87. The van der Waals surface area contributed by atoms with E-state index < -0.39 is 0 Å². The molecule has 0 saturated carbocycles. The molecule has 1 aromatic carbocycles. The van der Waals surface area contributed by atoms with Crippen molar-refractivity contribution in [2.24, 2.45) is 0 Å². The SMILES string of the molecule is Sc1ccccc1COc1nccs1. The van der Waals surface area contributed by atoms with Crippen LogP contribution in [0.3, 0.4) is 0 Å². The first-order valence-corrected chi connectivity index (χ1v) is 5.48. The smallest absolute Gasteiger partial charge is 0.273 e. The molecule has 0 bridgehead atoms. The maximum absolute atomic E-state index is 5.47. The Hall–Kier alpha value is -1.00. The molecule has 2 nitrogen and oxygen atoms in total. The number of hydrogen-bond acceptors (Lipinski definition) is 4. The molecular weight excluding hydrogens is 214 g/mol. The van der Waals surface area contributed by atoms with Crippen LogP contribution in [-0.4, -0.2) is 4.98 Å². The predicted molar refractivity (Wildman–Crippen MR) is 60.1 cm³/mol. The fourth-order valence-corrected chi connectivity index (χ4v) is 1.77. The third-order valence-electron chi connectivity index (χ3n) is 1.75. The highest BCUT2D eigenvalue weighted by atomic mass is 32.1. The minimum Gasteiger partial charge on any atom is -0.465 e. The molecule has 4 heteroatoms. The quantitative estimate of drug-likeness (QED) is 0.808. The fraction of sp³-hybridized carbons (Fsp3) is 0.100. The number of benzene rings is 1. The number of hydrogen-bond donors (Lipinski definition) is 1. The van der Waals surface area contributed by atoms with Crippen molar-refractivity contribution in [3.63, 3.8) is 0 Å². The number of rotatable bonds is 3. The Kier molecular flexibility index (Phi) is 3.06. The zero-order valence-electron chi connectivity index (χ0n) is 7.38. The maximum atomic E-state index is 5.47. The molecule has 0 N–H and O–H groups in total. The third kappa shape index (κ3) is 2.27. The number of ether oxygens (including phenoxy) is 1. The first-order chi connectivity index (χ1) is 6.86. The molecule has 1 aromatic heterocycles. The Labute approximate surface area is 92.0 Å². The molecule has 0 radical (unpaired) electrons. The number of nitrogens with zero attached hydrogens (tertiary/aromatic N) is 1. The summed E-state index contributed by atoms with van der Waals surface area (Å²) >= 11 is 5.82. The van der Waals surface area contributed by atoms with Gasteiger partial charge in [-0.3, -0.25) is 0 Å². The lowest BCUT2D eigenvalue weighted by molar-refractivity contribution is 0.302. The van der Waals surface area contributed by atoms with Gasteiger partial charge in [0.1, 0.15) is 6.61 Å². The van der Waals surface area contributed by atoms with Crippen LogP contribution in [0, 0.1) is 0 Å². The van der Waals surface area contributed by atoms with Crippen LogP contribution in [0.25, 0.3) is 0 Å². The first-order valence-electron chi connectivity index (χ1n) is 4.15. The molecule has 2 rings (SSSR count). The van der Waals surface area contributed by atoms with E-state index in [9.17, 15) is 0 Å². The zero-order chi connectivity index (χ0) is 9.80. The van der Waals surface area contributed by atoms with Gasteiger partial charge in [0, 0.05) is 22.0 Å². The van der Waals surface area contributed by atoms with Crippen molar-refractivity contribution in [2.45, 2.75) is 11.5 Å². The summed E-state index contributed by atoms with van der Waals surface area (Å²) in [6.45, 7) is 0.521. The molecule has 0 aliphatic rings. The second-order valence-corrected chi connectivity index (χ2v) is 4.05. The highest BCUT2D eigenvalue weighted by Crippen LogP contribution is 2.18. The van der Waals surface area contributed by atoms with Gasteiger partial charge in [0.2, 0.25) is 0 Å². The Bertz CT molecular complexity index is 400. The van der Waals surface area contributed by atoms with Crippen LogP contribution in [0.15, 0.2) is 40.7 Å². The Morgan fingerprint density at radius 1 is 1.36 bits per heavy atom. The minimum atomic E-state index is 0.521. The highest BCUT2D eigenvalue weighted by molar-refractivity contribution is 7.80. The molecule has 0 amide bonds. The molecule has 0 spiro atoms. The van der Waals surface area contributed by atoms with Gasteiger partial charge in [0.15, 0.2) is 0 Å². The van der Waals surface area contributed by atoms with Crippen LogP contribution >= 0.6 is 24.0 Å². The molecule has 0 aliphatic heterocycles. The molecule has 14 heavy (non-hydrogen) atoms. The van der Waals surface area contributed by atoms with Crippen molar-refractivity contribution in [1.82, 2.24) is 4.98 Å². The molecule has 1 heterocycles. The van der Waals surface area contributed by atoms with Gasteiger partial charge >= 0.3 is 0 Å². The van der Waals surface area contributed by atoms with E-state index in [0.717, 1.165) is 10.5 Å². The summed E-state index contributed by atoms with van der Waals surface area (Å²) < 4.78 is 5.47. The van der Waals surface area contributed by atoms with Crippen molar-refractivity contribution in [3.8, 4) is 5.19 Å². The summed E-state index contributed by atoms with van der Waals surface area (Å²) in [5.74, 6) is 0. The van der Waals surface area contributed by atoms with Crippen LogP contribution in [0.2, 0.25) is 0 Å². The summed E-state index contributed by atoms with van der Waals surface area (Å²) in [5.41, 5.74) is 1.08. The van der Waals surface area contributed by atoms with E-state index in [-0.39, 0.29) is 0 Å². The van der Waals surface area contributed by atoms with Crippen molar-refractivity contribution in [3.05, 3.63) is 41.4 Å². The van der Waals surface area contributed by atoms with Crippen LogP contribution in [0.4, 0.5) is 0 Å². The van der Waals surface area contributed by atoms with Gasteiger partial charge in [-0.2, -0.15) is 0 Å². The van der Waals surface area contributed by atoms with Gasteiger partial charge in [0.05, 0.1) is 0 Å². The highest BCUT2D eigenvalue weighted by Gasteiger charge is 2.00. The van der Waals surface area contributed by atoms with Gasteiger partial charge in [0.25, 0.3) is 5.19 Å². The molecule has 0 aliphatic carbocycles. The van der Waals surface area contributed by atoms with Gasteiger partial charge < -0.3 is 4.74 Å². The largest absolute Gasteiger partial charge is 0.465 e. The summed E-state index contributed by atoms with van der Waals surface area (Å²) in [4.78, 5) is 4.98. The van der Waals surface area contributed by atoms with E-state index >= 15 is 0 Å². The van der Waals surface area contributed by atoms with Gasteiger partial charge in [-0.15, -0.1) is 12.6 Å². The van der Waals surface area contributed by atoms with E-state index in [1.54, 1.807) is 6.20 Å². The van der Waals surface area contributed by atoms with E-state index in [1.165, 1.54) is 11.3 Å². The first kappa shape index (κ1) is 9.55. The lowest BCUT2D eigenvalue weighted by Gasteiger charge is -2.04. The number of aromatic nitrogens is 1. The zero-order valence-corrected chi connectivity index (χ0v) is 9.09. The van der Waals surface area contributed by atoms with E-state index in [4.69, 9.17) is 4.74 Å². The predicted octanol–water partition coefficient (Wildman–Crippen LogP) is 3.01. The number of thiol groups is 1. The summed E-state index contributed by atoms with van der Waals surface area (Å²) in [6, 6.07) is 7.87. The summed E-state index contributed by atoms with van der Waals surface area (Å²) in [6.07, 6.45) is 1.73. The molecular formula is C10H9NOS2. The average molecular weight is 223 g/mol. The number of thiazole rings is 1. The fourth-order valence-electron chi connectivity index (χ4n) is 1.05. The Morgan fingerprint density at radius 2 is 2.21 bits per heavy atom. The van der Waals surface area contributed by atoms with Crippen LogP contribution in [-0.2, 0) is 6.61 Å². The Morgan fingerprint density at radius 3 is 2.93 bits per heavy atom. The van der Waals surface area contributed by atoms with Crippen molar-refractivity contribution in [2.75, 3.05) is 0 Å². The van der Waals surface area contributed by atoms with Crippen LogP contribution < -0.4 is 4.74 Å². The topological polar surface area (TPSA) is 22.1 Å². The van der Waals surface area contributed by atoms with E-state index in [0.29, 0.717) is 11.8 Å². The minimum absolute atomic E-state index is 0.521. The maximum Gasteiger partial charge on any atom is 0.273 e. The molecule has 0 atom stereocenters. The summed E-state index contributed by atoms with van der Waals surface area (Å²) in [5, 5.41) is 2.59. The second-order valence-electron chi connectivity index (χ2n) is 2.72. The monoisotopic (exact) mass is 223 g/mol. The standard InChI is InChI=1S/C10H9NOS2/c13-9-4-2-1-3-8(9)7-12-10-11-5-6-14-10/h1-6,13H,7H2. The van der Waals surface area contributed by atoms with Gasteiger partial charge in [-0.1, -0.05) is 29.5 Å². The molecule has 72 valence electrons. The Balaban J connectivity index is 2.02. The average Bonchev–Trinajstić information content (AvgIpc) is 2.69. The normalized spacial score (nSPS) is 10.1. The molecule has 0 fully saturated rings. The van der Waals surface area contributed by atoms with E-state index in [1.807, 2.05) is 29.6 Å². The van der Waals surface area contributed by atoms with Gasteiger partial charge in [-0.05, 0) is 6.07 Å².